The molecule has 0 aliphatic carbocycles. The van der Waals surface area contributed by atoms with Gasteiger partial charge < -0.3 is 9.47 Å². The second kappa shape index (κ2) is 13.0. The molecule has 0 bridgehead atoms. The van der Waals surface area contributed by atoms with Crippen LogP contribution in [0.5, 0.6) is 11.5 Å². The van der Waals surface area contributed by atoms with Crippen LogP contribution in [0.3, 0.4) is 0 Å². The van der Waals surface area contributed by atoms with E-state index in [1.54, 1.807) is 24.3 Å². The van der Waals surface area contributed by atoms with E-state index in [1.807, 2.05) is 6.92 Å². The van der Waals surface area contributed by atoms with E-state index in [2.05, 4.69) is 0 Å². The third-order valence-electron chi connectivity index (χ3n) is 9.59. The topological polar surface area (TPSA) is 127 Å². The lowest BCUT2D eigenvalue weighted by Gasteiger charge is -2.33. The number of carbonyl (C=O) groups excluding carboxylic acids is 6. The van der Waals surface area contributed by atoms with Crippen molar-refractivity contribution in [3.8, 4) is 11.5 Å². The van der Waals surface area contributed by atoms with Crippen LogP contribution in [-0.4, -0.2) is 53.7 Å². The zero-order valence-electron chi connectivity index (χ0n) is 28.7. The van der Waals surface area contributed by atoms with Gasteiger partial charge in [0.1, 0.15) is 16.9 Å². The summed E-state index contributed by atoms with van der Waals surface area (Å²) in [6.07, 6.45) is -4.93. The second-order valence-electron chi connectivity index (χ2n) is 12.9. The fourth-order valence-electron chi connectivity index (χ4n) is 6.30. The molecule has 0 spiro atoms. The van der Waals surface area contributed by atoms with Crippen LogP contribution in [0.1, 0.15) is 85.8 Å². The van der Waals surface area contributed by atoms with Crippen LogP contribution < -0.4 is 14.4 Å². The van der Waals surface area contributed by atoms with Crippen molar-refractivity contribution < 1.29 is 51.4 Å². The Bertz CT molecular complexity index is 2420. The van der Waals surface area contributed by atoms with Crippen LogP contribution >= 0.6 is 0 Å². The molecule has 2 heterocycles. The standard InChI is InChI=1S/C41H27F3N2O8/c1-22-4-6-23(7-5-22)38(51)53-28-14-16-29(17-15-28)54-39(52)24-8-12-27(13-9-24)46-36(49)31-19-11-26(21-33(31)37(46)50)40(2,41(42,43)44)25-10-18-30-32(20-25)35(48)45(3)34(30)47/h4-21H,1-3H3. The van der Waals surface area contributed by atoms with Crippen molar-refractivity contribution in [2.45, 2.75) is 25.4 Å². The Kier molecular flexibility index (Phi) is 8.52. The average molecular weight is 733 g/mol. The summed E-state index contributed by atoms with van der Waals surface area (Å²) < 4.78 is 55.6. The van der Waals surface area contributed by atoms with Gasteiger partial charge in [0.2, 0.25) is 0 Å². The molecule has 13 heteroatoms. The summed E-state index contributed by atoms with van der Waals surface area (Å²) in [5.41, 5.74) is -2.54. The fourth-order valence-corrected chi connectivity index (χ4v) is 6.30. The van der Waals surface area contributed by atoms with Gasteiger partial charge in [-0.3, -0.25) is 24.1 Å². The van der Waals surface area contributed by atoms with Gasteiger partial charge >= 0.3 is 18.1 Å². The van der Waals surface area contributed by atoms with Crippen molar-refractivity contribution in [2.24, 2.45) is 0 Å². The second-order valence-corrected chi connectivity index (χ2v) is 12.9. The Labute approximate surface area is 305 Å². The van der Waals surface area contributed by atoms with Crippen molar-refractivity contribution in [1.82, 2.24) is 4.90 Å². The molecule has 0 saturated carbocycles. The van der Waals surface area contributed by atoms with E-state index >= 15 is 0 Å². The van der Waals surface area contributed by atoms with Crippen LogP contribution in [0.2, 0.25) is 0 Å². The Morgan fingerprint density at radius 2 is 0.963 bits per heavy atom. The molecule has 0 fully saturated rings. The van der Waals surface area contributed by atoms with E-state index < -0.39 is 47.2 Å². The molecule has 5 aromatic rings. The summed E-state index contributed by atoms with van der Waals surface area (Å²) >= 11 is 0. The number of carbonyl (C=O) groups is 6. The Morgan fingerprint density at radius 1 is 0.556 bits per heavy atom. The zero-order valence-corrected chi connectivity index (χ0v) is 28.7. The maximum Gasteiger partial charge on any atom is 0.402 e. The number of benzene rings is 5. The number of nitrogens with zero attached hydrogens (tertiary/aromatic N) is 2. The first-order chi connectivity index (χ1) is 25.6. The van der Waals surface area contributed by atoms with Gasteiger partial charge in [-0.25, -0.2) is 14.5 Å². The molecule has 270 valence electrons. The number of hydrogen-bond donors (Lipinski definition) is 0. The smallest absolute Gasteiger partial charge is 0.402 e. The quantitative estimate of drug-likeness (QED) is 0.0968. The monoisotopic (exact) mass is 732 g/mol. The lowest BCUT2D eigenvalue weighted by atomic mass is 9.74. The molecule has 7 rings (SSSR count). The first kappa shape index (κ1) is 35.5. The Morgan fingerprint density at radius 3 is 1.44 bits per heavy atom. The van der Waals surface area contributed by atoms with Crippen LogP contribution in [0.4, 0.5) is 18.9 Å². The summed E-state index contributed by atoms with van der Waals surface area (Å²) in [4.78, 5) is 78.8. The average Bonchev–Trinajstić information content (AvgIpc) is 3.53. The maximum atomic E-state index is 14.9. The van der Waals surface area contributed by atoms with Crippen molar-refractivity contribution in [3.63, 3.8) is 0 Å². The first-order valence-electron chi connectivity index (χ1n) is 16.4. The number of fused-ring (bicyclic) bond motifs is 2. The van der Waals surface area contributed by atoms with Gasteiger partial charge in [0, 0.05) is 7.05 Å². The summed E-state index contributed by atoms with van der Waals surface area (Å²) in [6, 6.07) is 24.5. The van der Waals surface area contributed by atoms with E-state index in [-0.39, 0.29) is 56.1 Å². The molecule has 54 heavy (non-hydrogen) atoms. The number of rotatable bonds is 7. The van der Waals surface area contributed by atoms with Gasteiger partial charge in [-0.1, -0.05) is 29.8 Å². The molecule has 2 aliphatic rings. The van der Waals surface area contributed by atoms with E-state index in [0.29, 0.717) is 5.56 Å². The predicted octanol–water partition coefficient (Wildman–Crippen LogP) is 7.33. The molecule has 2 aliphatic heterocycles. The fraction of sp³-hybridized carbons (Fsp3) is 0.122. The first-order valence-corrected chi connectivity index (χ1v) is 16.4. The Hall–Kier alpha value is -6.89. The van der Waals surface area contributed by atoms with Crippen LogP contribution in [-0.2, 0) is 5.41 Å². The van der Waals surface area contributed by atoms with Crippen molar-refractivity contribution in [1.29, 1.82) is 0 Å². The third-order valence-corrected chi connectivity index (χ3v) is 9.59. The number of imide groups is 2. The molecule has 0 saturated heterocycles. The minimum Gasteiger partial charge on any atom is -0.423 e. The van der Waals surface area contributed by atoms with Gasteiger partial charge in [-0.15, -0.1) is 0 Å². The zero-order chi connectivity index (χ0) is 38.7. The molecule has 0 aromatic heterocycles. The maximum absolute atomic E-state index is 14.9. The summed E-state index contributed by atoms with van der Waals surface area (Å²) in [6.45, 7) is 2.79. The largest absolute Gasteiger partial charge is 0.423 e. The van der Waals surface area contributed by atoms with Gasteiger partial charge in [-0.2, -0.15) is 13.2 Å². The van der Waals surface area contributed by atoms with Gasteiger partial charge in [0.15, 0.2) is 0 Å². The molecule has 1 unspecified atom stereocenters. The number of ether oxygens (including phenoxy) is 2. The summed E-state index contributed by atoms with van der Waals surface area (Å²) in [5, 5.41) is 0. The van der Waals surface area contributed by atoms with Crippen LogP contribution in [0, 0.1) is 6.92 Å². The van der Waals surface area contributed by atoms with E-state index in [9.17, 15) is 41.9 Å². The molecule has 4 amide bonds. The lowest BCUT2D eigenvalue weighted by Crippen LogP contribution is -2.41. The minimum absolute atomic E-state index is 0.0203. The van der Waals surface area contributed by atoms with Gasteiger partial charge in [0.25, 0.3) is 23.6 Å². The van der Waals surface area contributed by atoms with E-state index in [1.165, 1.54) is 61.6 Å². The molecule has 5 aromatic carbocycles. The number of anilines is 1. The van der Waals surface area contributed by atoms with Crippen molar-refractivity contribution in [2.75, 3.05) is 11.9 Å². The van der Waals surface area contributed by atoms with Gasteiger partial charge in [0.05, 0.1) is 39.1 Å². The van der Waals surface area contributed by atoms with Crippen molar-refractivity contribution >= 4 is 41.3 Å². The Balaban J connectivity index is 1.07. The SMILES string of the molecule is Cc1ccc(C(=O)Oc2ccc(OC(=O)c3ccc(N4C(=O)c5ccc(C(C)(c6ccc7c(c6)C(=O)N(C)C7=O)C(F)(F)F)cc5C4=O)cc3)cc2)cc1. The highest BCUT2D eigenvalue weighted by Gasteiger charge is 2.55. The van der Waals surface area contributed by atoms with Crippen molar-refractivity contribution in [3.05, 3.63) is 159 Å². The highest BCUT2D eigenvalue weighted by atomic mass is 19.4. The molecule has 0 N–H and O–H groups in total. The van der Waals surface area contributed by atoms with Crippen LogP contribution in [0.25, 0.3) is 0 Å². The highest BCUT2D eigenvalue weighted by Crippen LogP contribution is 2.48. The predicted molar refractivity (Wildman–Crippen MR) is 187 cm³/mol. The number of esters is 2. The van der Waals surface area contributed by atoms with Gasteiger partial charge in [-0.05, 0) is 110 Å². The number of hydrogen-bond acceptors (Lipinski definition) is 8. The van der Waals surface area contributed by atoms with E-state index in [4.69, 9.17) is 9.47 Å². The third kappa shape index (κ3) is 5.89. The lowest BCUT2D eigenvalue weighted by molar-refractivity contribution is -0.173. The number of aryl methyl sites for hydroxylation is 1. The number of halogens is 3. The normalized spacial score (nSPS) is 14.9. The number of amides is 4. The molecule has 0 radical (unpaired) electrons. The molecular formula is C41H27F3N2O8. The number of alkyl halides is 3. The molecule has 10 nitrogen and oxygen atoms in total. The van der Waals surface area contributed by atoms with E-state index in [0.717, 1.165) is 52.6 Å². The van der Waals surface area contributed by atoms with Crippen LogP contribution in [0.15, 0.2) is 109 Å². The molecular weight excluding hydrogens is 705 g/mol. The minimum atomic E-state index is -4.93. The summed E-state index contributed by atoms with van der Waals surface area (Å²) in [7, 11) is 1.23. The summed E-state index contributed by atoms with van der Waals surface area (Å²) in [5.74, 6) is -3.98. The highest BCUT2D eigenvalue weighted by molar-refractivity contribution is 6.34. The molecule has 1 atom stereocenters.